The van der Waals surface area contributed by atoms with Crippen molar-refractivity contribution in [1.82, 2.24) is 15.3 Å². The Morgan fingerprint density at radius 1 is 1.04 bits per heavy atom. The minimum Gasteiger partial charge on any atom is -0.478 e. The fraction of sp³-hybridized carbons (Fsp3) is 0.318. The van der Waals surface area contributed by atoms with Gasteiger partial charge >= 0.3 is 5.97 Å². The average molecular weight is 377 g/mol. The molecular weight excluding hydrogens is 354 g/mol. The number of carbonyl (C=O) groups is 2. The van der Waals surface area contributed by atoms with Crippen LogP contribution in [-0.4, -0.2) is 33.0 Å². The molecule has 0 spiro atoms. The Kier molecular flexibility index (Phi) is 4.86. The van der Waals surface area contributed by atoms with Gasteiger partial charge in [0.15, 0.2) is 0 Å². The minimum absolute atomic E-state index is 0.0524. The van der Waals surface area contributed by atoms with Crippen LogP contribution in [0.5, 0.6) is 0 Å². The van der Waals surface area contributed by atoms with Gasteiger partial charge in [-0.25, -0.2) is 9.78 Å². The van der Waals surface area contributed by atoms with Crippen molar-refractivity contribution in [3.05, 3.63) is 53.6 Å². The lowest BCUT2D eigenvalue weighted by atomic mass is 9.87. The number of carboxylic acids is 1. The molecule has 0 aliphatic heterocycles. The smallest absolute Gasteiger partial charge is 0.335 e. The number of aromatic carboxylic acids is 1. The SMILES string of the molecule is CC1CCC(NC(=O)c2ccc3nc(-c4ccc(C(=O)O)cc4)[nH]c3c2)CC1. The van der Waals surface area contributed by atoms with Gasteiger partial charge in [-0.3, -0.25) is 4.79 Å². The number of aromatic nitrogens is 2. The first-order valence-electron chi connectivity index (χ1n) is 9.64. The molecule has 0 bridgehead atoms. The number of hydrogen-bond acceptors (Lipinski definition) is 3. The Labute approximate surface area is 163 Å². The van der Waals surface area contributed by atoms with Crippen molar-refractivity contribution < 1.29 is 14.7 Å². The van der Waals surface area contributed by atoms with Crippen molar-refractivity contribution in [1.29, 1.82) is 0 Å². The maximum Gasteiger partial charge on any atom is 0.335 e. The zero-order chi connectivity index (χ0) is 19.7. The number of amides is 1. The van der Waals surface area contributed by atoms with Crippen molar-refractivity contribution in [2.45, 2.75) is 38.6 Å². The second-order valence-electron chi connectivity index (χ2n) is 7.63. The first kappa shape index (κ1) is 18.2. The number of imidazole rings is 1. The number of nitrogens with one attached hydrogen (secondary N) is 2. The predicted molar refractivity (Wildman–Crippen MR) is 107 cm³/mol. The highest BCUT2D eigenvalue weighted by Gasteiger charge is 2.20. The molecule has 3 N–H and O–H groups in total. The van der Waals surface area contributed by atoms with Gasteiger partial charge in [0.05, 0.1) is 16.6 Å². The number of nitrogens with zero attached hydrogens (tertiary/aromatic N) is 1. The quantitative estimate of drug-likeness (QED) is 0.634. The summed E-state index contributed by atoms with van der Waals surface area (Å²) in [4.78, 5) is 31.4. The van der Waals surface area contributed by atoms with Crippen LogP contribution in [0.4, 0.5) is 0 Å². The van der Waals surface area contributed by atoms with Gasteiger partial charge in [0.2, 0.25) is 0 Å². The molecule has 0 atom stereocenters. The molecule has 4 rings (SSSR count). The lowest BCUT2D eigenvalue weighted by Gasteiger charge is -2.26. The predicted octanol–water partition coefficient (Wildman–Crippen LogP) is 4.24. The number of rotatable bonds is 4. The summed E-state index contributed by atoms with van der Waals surface area (Å²) < 4.78 is 0. The maximum atomic E-state index is 12.6. The molecule has 1 saturated carbocycles. The highest BCUT2D eigenvalue weighted by atomic mass is 16.4. The fourth-order valence-corrected chi connectivity index (χ4v) is 3.73. The largest absolute Gasteiger partial charge is 0.478 e. The third-order valence-corrected chi connectivity index (χ3v) is 5.50. The number of fused-ring (bicyclic) bond motifs is 1. The number of carbonyl (C=O) groups excluding carboxylic acids is 1. The first-order valence-corrected chi connectivity index (χ1v) is 9.64. The van der Waals surface area contributed by atoms with Gasteiger partial charge < -0.3 is 15.4 Å². The summed E-state index contributed by atoms with van der Waals surface area (Å²) in [5, 5.41) is 12.2. The first-order chi connectivity index (χ1) is 13.5. The van der Waals surface area contributed by atoms with Crippen LogP contribution in [0.2, 0.25) is 0 Å². The maximum absolute atomic E-state index is 12.6. The molecule has 1 aliphatic rings. The number of carboxylic acid groups (broad SMARTS) is 1. The van der Waals surface area contributed by atoms with Crippen LogP contribution in [0.1, 0.15) is 53.3 Å². The number of hydrogen-bond donors (Lipinski definition) is 3. The molecule has 0 radical (unpaired) electrons. The molecule has 1 heterocycles. The number of aromatic amines is 1. The standard InChI is InChI=1S/C22H23N3O3/c1-13-2-9-17(10-3-13)23-21(26)16-8-11-18-19(12-16)25-20(24-18)14-4-6-15(7-5-14)22(27)28/h4-8,11-13,17H,2-3,9-10H2,1H3,(H,23,26)(H,24,25)(H,27,28). The second-order valence-corrected chi connectivity index (χ2v) is 7.63. The number of benzene rings is 2. The Hall–Kier alpha value is -3.15. The van der Waals surface area contributed by atoms with Crippen LogP contribution in [0.3, 0.4) is 0 Å². The van der Waals surface area contributed by atoms with E-state index in [9.17, 15) is 9.59 Å². The van der Waals surface area contributed by atoms with Gasteiger partial charge in [0.25, 0.3) is 5.91 Å². The van der Waals surface area contributed by atoms with E-state index in [0.29, 0.717) is 11.4 Å². The van der Waals surface area contributed by atoms with Crippen molar-refractivity contribution in [2.24, 2.45) is 5.92 Å². The summed E-state index contributed by atoms with van der Waals surface area (Å²) in [6, 6.07) is 12.2. The third kappa shape index (κ3) is 3.76. The van der Waals surface area contributed by atoms with E-state index in [4.69, 9.17) is 5.11 Å². The zero-order valence-electron chi connectivity index (χ0n) is 15.7. The van der Waals surface area contributed by atoms with Crippen LogP contribution < -0.4 is 5.32 Å². The topological polar surface area (TPSA) is 95.1 Å². The molecule has 28 heavy (non-hydrogen) atoms. The molecule has 0 saturated heterocycles. The summed E-state index contributed by atoms with van der Waals surface area (Å²) in [5.41, 5.74) is 3.18. The molecule has 2 aromatic carbocycles. The molecule has 1 aromatic heterocycles. The molecule has 0 unspecified atom stereocenters. The van der Waals surface area contributed by atoms with Gasteiger partial charge in [-0.1, -0.05) is 19.1 Å². The monoisotopic (exact) mass is 377 g/mol. The molecule has 1 fully saturated rings. The summed E-state index contributed by atoms with van der Waals surface area (Å²) in [6.07, 6.45) is 4.40. The van der Waals surface area contributed by atoms with Gasteiger partial charge in [0.1, 0.15) is 5.82 Å². The zero-order valence-corrected chi connectivity index (χ0v) is 15.7. The van der Waals surface area contributed by atoms with Gasteiger partial charge in [-0.05, 0) is 61.9 Å². The highest BCUT2D eigenvalue weighted by Crippen LogP contribution is 2.25. The molecule has 6 nitrogen and oxygen atoms in total. The Morgan fingerprint density at radius 3 is 2.39 bits per heavy atom. The van der Waals surface area contributed by atoms with E-state index in [0.717, 1.165) is 48.2 Å². The van der Waals surface area contributed by atoms with E-state index in [1.807, 2.05) is 12.1 Å². The Bertz CT molecular complexity index is 1020. The van der Waals surface area contributed by atoms with E-state index in [1.165, 1.54) is 0 Å². The van der Waals surface area contributed by atoms with Crippen LogP contribution in [-0.2, 0) is 0 Å². The summed E-state index contributed by atoms with van der Waals surface area (Å²) in [6.45, 7) is 2.26. The van der Waals surface area contributed by atoms with Gasteiger partial charge in [-0.2, -0.15) is 0 Å². The summed E-state index contributed by atoms with van der Waals surface area (Å²) in [7, 11) is 0. The lowest BCUT2D eigenvalue weighted by Crippen LogP contribution is -2.37. The van der Waals surface area contributed by atoms with E-state index in [1.54, 1.807) is 30.3 Å². The van der Waals surface area contributed by atoms with Crippen LogP contribution >= 0.6 is 0 Å². The van der Waals surface area contributed by atoms with E-state index in [-0.39, 0.29) is 17.5 Å². The fourth-order valence-electron chi connectivity index (χ4n) is 3.73. The van der Waals surface area contributed by atoms with E-state index < -0.39 is 5.97 Å². The molecule has 6 heteroatoms. The highest BCUT2D eigenvalue weighted by molar-refractivity contribution is 5.98. The number of H-pyrrole nitrogens is 1. The minimum atomic E-state index is -0.959. The van der Waals surface area contributed by atoms with Crippen molar-refractivity contribution >= 4 is 22.9 Å². The van der Waals surface area contributed by atoms with Crippen molar-refractivity contribution in [3.63, 3.8) is 0 Å². The van der Waals surface area contributed by atoms with Crippen LogP contribution in [0.25, 0.3) is 22.4 Å². The van der Waals surface area contributed by atoms with Crippen LogP contribution in [0, 0.1) is 5.92 Å². The normalized spacial score (nSPS) is 19.5. The van der Waals surface area contributed by atoms with E-state index >= 15 is 0 Å². The Balaban J connectivity index is 1.52. The third-order valence-electron chi connectivity index (χ3n) is 5.50. The summed E-state index contributed by atoms with van der Waals surface area (Å²) >= 11 is 0. The van der Waals surface area contributed by atoms with Gasteiger partial charge in [-0.15, -0.1) is 0 Å². The second kappa shape index (κ2) is 7.46. The van der Waals surface area contributed by atoms with E-state index in [2.05, 4.69) is 22.2 Å². The average Bonchev–Trinajstić information content (AvgIpc) is 3.13. The molecule has 1 amide bonds. The van der Waals surface area contributed by atoms with Crippen molar-refractivity contribution in [3.8, 4) is 11.4 Å². The molecule has 3 aromatic rings. The molecule has 144 valence electrons. The Morgan fingerprint density at radius 2 is 1.71 bits per heavy atom. The van der Waals surface area contributed by atoms with Crippen LogP contribution in [0.15, 0.2) is 42.5 Å². The summed E-state index contributed by atoms with van der Waals surface area (Å²) in [5.74, 6) is 0.380. The van der Waals surface area contributed by atoms with Crippen molar-refractivity contribution in [2.75, 3.05) is 0 Å². The molecular formula is C22H23N3O3. The lowest BCUT2D eigenvalue weighted by molar-refractivity contribution is 0.0696. The molecule has 1 aliphatic carbocycles. The van der Waals surface area contributed by atoms with Gasteiger partial charge in [0, 0.05) is 17.2 Å².